The van der Waals surface area contributed by atoms with Gasteiger partial charge in [-0.2, -0.15) is 0 Å². The van der Waals surface area contributed by atoms with Crippen LogP contribution in [0.25, 0.3) is 6.08 Å². The van der Waals surface area contributed by atoms with Crippen LogP contribution in [0.15, 0.2) is 48.5 Å². The molecule has 108 valence electrons. The van der Waals surface area contributed by atoms with Crippen LogP contribution in [0.2, 0.25) is 10.0 Å². The molecule has 0 aliphatic carbocycles. The minimum atomic E-state index is -0.281. The molecular weight excluding hydrogens is 309 g/mol. The van der Waals surface area contributed by atoms with Gasteiger partial charge in [-0.15, -0.1) is 0 Å². The molecule has 0 saturated carbocycles. The summed E-state index contributed by atoms with van der Waals surface area (Å²) in [5, 5.41) is 12.8. The summed E-state index contributed by atoms with van der Waals surface area (Å²) in [4.78, 5) is 11.8. The van der Waals surface area contributed by atoms with Crippen LogP contribution >= 0.6 is 23.2 Å². The van der Waals surface area contributed by atoms with Crippen LogP contribution < -0.4 is 5.32 Å². The van der Waals surface area contributed by atoms with Crippen molar-refractivity contribution >= 4 is 40.9 Å². The first-order chi connectivity index (χ1) is 10.1. The number of nitrogens with one attached hydrogen (secondary N) is 1. The van der Waals surface area contributed by atoms with Crippen molar-refractivity contribution in [2.24, 2.45) is 0 Å². The lowest BCUT2D eigenvalue weighted by molar-refractivity contribution is -0.111. The van der Waals surface area contributed by atoms with Crippen LogP contribution in [0.4, 0.5) is 5.69 Å². The minimum absolute atomic E-state index is 0.0695. The molecule has 2 N–H and O–H groups in total. The number of benzene rings is 2. The molecule has 2 aromatic carbocycles. The van der Waals surface area contributed by atoms with Crippen molar-refractivity contribution in [1.29, 1.82) is 0 Å². The number of carbonyl (C=O) groups is 1. The molecule has 2 aromatic rings. The molecule has 0 unspecified atom stereocenters. The highest BCUT2D eigenvalue weighted by Gasteiger charge is 2.01. The van der Waals surface area contributed by atoms with Crippen LogP contribution in [0.1, 0.15) is 11.1 Å². The van der Waals surface area contributed by atoms with E-state index in [1.54, 1.807) is 48.5 Å². The van der Waals surface area contributed by atoms with E-state index < -0.39 is 0 Å². The summed E-state index contributed by atoms with van der Waals surface area (Å²) < 4.78 is 0. The molecule has 0 bridgehead atoms. The van der Waals surface area contributed by atoms with E-state index >= 15 is 0 Å². The third kappa shape index (κ3) is 4.60. The van der Waals surface area contributed by atoms with Gasteiger partial charge in [0.15, 0.2) is 0 Å². The molecule has 0 aromatic heterocycles. The fourth-order valence-electron chi connectivity index (χ4n) is 1.73. The Labute approximate surface area is 132 Å². The number of aliphatic hydroxyl groups excluding tert-OH is 1. The summed E-state index contributed by atoms with van der Waals surface area (Å²) in [5.74, 6) is -0.281. The lowest BCUT2D eigenvalue weighted by Gasteiger charge is -2.04. The Morgan fingerprint density at radius 2 is 2.00 bits per heavy atom. The molecule has 1 amide bonds. The Hall–Kier alpha value is -1.81. The Bertz CT molecular complexity index is 684. The third-order valence-electron chi connectivity index (χ3n) is 2.75. The third-order valence-corrected chi connectivity index (χ3v) is 3.32. The number of hydrogen-bond donors (Lipinski definition) is 2. The Balaban J connectivity index is 2.05. The summed E-state index contributed by atoms with van der Waals surface area (Å²) in [6.45, 7) is -0.0695. The Morgan fingerprint density at radius 3 is 2.71 bits per heavy atom. The Morgan fingerprint density at radius 1 is 1.19 bits per heavy atom. The van der Waals surface area contributed by atoms with Gasteiger partial charge >= 0.3 is 0 Å². The molecule has 3 nitrogen and oxygen atoms in total. The minimum Gasteiger partial charge on any atom is -0.392 e. The molecule has 0 aliphatic heterocycles. The summed E-state index contributed by atoms with van der Waals surface area (Å²) in [6.07, 6.45) is 3.00. The van der Waals surface area contributed by atoms with Crippen molar-refractivity contribution < 1.29 is 9.90 Å². The van der Waals surface area contributed by atoms with Crippen LogP contribution in [-0.2, 0) is 11.4 Å². The number of halogens is 2. The molecule has 5 heteroatoms. The molecule has 21 heavy (non-hydrogen) atoms. The maximum Gasteiger partial charge on any atom is 0.248 e. The second kappa shape index (κ2) is 7.27. The predicted octanol–water partition coefficient (Wildman–Crippen LogP) is 4.14. The van der Waals surface area contributed by atoms with Gasteiger partial charge < -0.3 is 10.4 Å². The highest BCUT2D eigenvalue weighted by molar-refractivity contribution is 6.35. The molecule has 0 spiro atoms. The second-order valence-electron chi connectivity index (χ2n) is 4.35. The van der Waals surface area contributed by atoms with E-state index in [1.807, 2.05) is 0 Å². The summed E-state index contributed by atoms with van der Waals surface area (Å²) >= 11 is 11.8. The largest absolute Gasteiger partial charge is 0.392 e. The Kier molecular flexibility index (Phi) is 5.39. The van der Waals surface area contributed by atoms with Gasteiger partial charge in [0.2, 0.25) is 5.91 Å². The van der Waals surface area contributed by atoms with E-state index in [2.05, 4.69) is 5.32 Å². The van der Waals surface area contributed by atoms with Crippen LogP contribution in [-0.4, -0.2) is 11.0 Å². The second-order valence-corrected chi connectivity index (χ2v) is 5.19. The van der Waals surface area contributed by atoms with Gasteiger partial charge in [-0.3, -0.25) is 4.79 Å². The number of amides is 1. The zero-order valence-corrected chi connectivity index (χ0v) is 12.5. The first kappa shape index (κ1) is 15.6. The zero-order chi connectivity index (χ0) is 15.2. The van der Waals surface area contributed by atoms with Crippen molar-refractivity contribution in [2.45, 2.75) is 6.61 Å². The molecule has 0 atom stereocenters. The van der Waals surface area contributed by atoms with Gasteiger partial charge in [-0.05, 0) is 41.5 Å². The van der Waals surface area contributed by atoms with E-state index in [4.69, 9.17) is 28.3 Å². The summed E-state index contributed by atoms with van der Waals surface area (Å²) in [6, 6.07) is 12.1. The highest BCUT2D eigenvalue weighted by Crippen LogP contribution is 2.22. The monoisotopic (exact) mass is 321 g/mol. The predicted molar refractivity (Wildman–Crippen MR) is 86.5 cm³/mol. The maximum atomic E-state index is 11.8. The molecule has 0 saturated heterocycles. The van der Waals surface area contributed by atoms with E-state index in [9.17, 15) is 4.79 Å². The molecule has 0 aliphatic rings. The van der Waals surface area contributed by atoms with E-state index in [-0.39, 0.29) is 12.5 Å². The van der Waals surface area contributed by atoms with E-state index in [0.29, 0.717) is 21.3 Å². The number of aliphatic hydroxyl groups is 1. The van der Waals surface area contributed by atoms with Crippen molar-refractivity contribution in [3.05, 3.63) is 69.7 Å². The highest BCUT2D eigenvalue weighted by atomic mass is 35.5. The van der Waals surface area contributed by atoms with Crippen molar-refractivity contribution in [3.63, 3.8) is 0 Å². The fraction of sp³-hybridized carbons (Fsp3) is 0.0625. The van der Waals surface area contributed by atoms with Crippen LogP contribution in [0.5, 0.6) is 0 Å². The fourth-order valence-corrected chi connectivity index (χ4v) is 2.20. The molecule has 0 fully saturated rings. The first-order valence-corrected chi connectivity index (χ1v) is 6.98. The standard InChI is InChI=1S/C16H13Cl2NO2/c17-13-6-4-12(15(18)9-13)5-7-16(21)19-14-3-1-2-11(8-14)10-20/h1-9,20H,10H2,(H,19,21)/b7-5+. The van der Waals surface area contributed by atoms with Gasteiger partial charge in [-0.1, -0.05) is 41.4 Å². The molecule has 2 rings (SSSR count). The quantitative estimate of drug-likeness (QED) is 0.831. The number of carbonyl (C=O) groups excluding carboxylic acids is 1. The number of hydrogen-bond acceptors (Lipinski definition) is 2. The van der Waals surface area contributed by atoms with Gasteiger partial charge in [-0.25, -0.2) is 0 Å². The van der Waals surface area contributed by atoms with E-state index in [1.165, 1.54) is 6.08 Å². The SMILES string of the molecule is O=C(/C=C/c1ccc(Cl)cc1Cl)Nc1cccc(CO)c1. The maximum absolute atomic E-state index is 11.8. The van der Waals surface area contributed by atoms with Crippen molar-refractivity contribution in [2.75, 3.05) is 5.32 Å². The van der Waals surface area contributed by atoms with Gasteiger partial charge in [0.1, 0.15) is 0 Å². The smallest absolute Gasteiger partial charge is 0.248 e. The van der Waals surface area contributed by atoms with Crippen LogP contribution in [0.3, 0.4) is 0 Å². The summed E-state index contributed by atoms with van der Waals surface area (Å²) in [7, 11) is 0. The van der Waals surface area contributed by atoms with E-state index in [0.717, 1.165) is 5.56 Å². The number of anilines is 1. The number of rotatable bonds is 4. The molecular formula is C16H13Cl2NO2. The first-order valence-electron chi connectivity index (χ1n) is 6.22. The van der Waals surface area contributed by atoms with Crippen molar-refractivity contribution in [1.82, 2.24) is 0 Å². The van der Waals surface area contributed by atoms with Gasteiger partial charge in [0.25, 0.3) is 0 Å². The zero-order valence-electron chi connectivity index (χ0n) is 11.0. The average Bonchev–Trinajstić information content (AvgIpc) is 2.46. The molecule has 0 radical (unpaired) electrons. The van der Waals surface area contributed by atoms with Crippen molar-refractivity contribution in [3.8, 4) is 0 Å². The van der Waals surface area contributed by atoms with Crippen LogP contribution in [0, 0.1) is 0 Å². The lowest BCUT2D eigenvalue weighted by atomic mass is 10.2. The lowest BCUT2D eigenvalue weighted by Crippen LogP contribution is -2.07. The van der Waals surface area contributed by atoms with Gasteiger partial charge in [0, 0.05) is 21.8 Å². The summed E-state index contributed by atoms with van der Waals surface area (Å²) in [5.41, 5.74) is 2.07. The average molecular weight is 322 g/mol. The topological polar surface area (TPSA) is 49.3 Å². The van der Waals surface area contributed by atoms with Gasteiger partial charge in [0.05, 0.1) is 6.61 Å². The normalized spacial score (nSPS) is 10.8. The molecule has 0 heterocycles.